The Balaban J connectivity index is 1.40. The number of furan rings is 1. The molecule has 2 amide bonds. The van der Waals surface area contributed by atoms with E-state index in [0.717, 1.165) is 0 Å². The van der Waals surface area contributed by atoms with Crippen molar-refractivity contribution in [1.29, 1.82) is 0 Å². The number of benzene rings is 2. The van der Waals surface area contributed by atoms with Crippen molar-refractivity contribution in [1.82, 2.24) is 4.90 Å². The monoisotopic (exact) mass is 393 g/mol. The molecule has 0 saturated carbocycles. The molecule has 0 atom stereocenters. The first-order valence-electron chi connectivity index (χ1n) is 9.35. The summed E-state index contributed by atoms with van der Waals surface area (Å²) in [6.07, 6.45) is 1.43. The molecule has 1 aliphatic rings. The second kappa shape index (κ2) is 8.18. The van der Waals surface area contributed by atoms with Crippen LogP contribution in [0.3, 0.4) is 0 Å². The van der Waals surface area contributed by atoms with Crippen LogP contribution in [-0.2, 0) is 0 Å². The Morgan fingerprint density at radius 2 is 1.72 bits per heavy atom. The van der Waals surface area contributed by atoms with Gasteiger partial charge in [-0.15, -0.1) is 0 Å². The summed E-state index contributed by atoms with van der Waals surface area (Å²) in [7, 11) is 0. The number of para-hydroxylation sites is 1. The number of carbonyl (C=O) groups is 2. The molecule has 0 bridgehead atoms. The molecule has 1 aliphatic heterocycles. The topological polar surface area (TPSA) is 65.8 Å². The van der Waals surface area contributed by atoms with E-state index in [9.17, 15) is 14.0 Å². The van der Waals surface area contributed by atoms with Crippen LogP contribution in [-0.4, -0.2) is 42.9 Å². The smallest absolute Gasteiger partial charge is 0.291 e. The average molecular weight is 393 g/mol. The van der Waals surface area contributed by atoms with Gasteiger partial charge < -0.3 is 19.5 Å². The molecule has 6 nitrogen and oxygen atoms in total. The summed E-state index contributed by atoms with van der Waals surface area (Å²) in [4.78, 5) is 28.7. The number of piperazine rings is 1. The molecule has 2 heterocycles. The van der Waals surface area contributed by atoms with Crippen molar-refractivity contribution in [2.45, 2.75) is 0 Å². The van der Waals surface area contributed by atoms with Crippen molar-refractivity contribution in [3.05, 3.63) is 84.1 Å². The number of carbonyl (C=O) groups excluding carboxylic acids is 2. The van der Waals surface area contributed by atoms with Crippen LogP contribution in [0.15, 0.2) is 71.3 Å². The lowest BCUT2D eigenvalue weighted by atomic mass is 10.1. The molecular weight excluding hydrogens is 373 g/mol. The highest BCUT2D eigenvalue weighted by molar-refractivity contribution is 6.03. The van der Waals surface area contributed by atoms with Crippen molar-refractivity contribution >= 4 is 23.2 Å². The Morgan fingerprint density at radius 1 is 0.931 bits per heavy atom. The van der Waals surface area contributed by atoms with E-state index in [1.54, 1.807) is 59.5 Å². The van der Waals surface area contributed by atoms with Gasteiger partial charge in [0.2, 0.25) is 0 Å². The quantitative estimate of drug-likeness (QED) is 0.735. The highest BCUT2D eigenvalue weighted by Gasteiger charge is 2.23. The van der Waals surface area contributed by atoms with Crippen molar-refractivity contribution in [2.24, 2.45) is 0 Å². The molecule has 0 radical (unpaired) electrons. The first-order valence-corrected chi connectivity index (χ1v) is 9.35. The molecule has 0 spiro atoms. The highest BCUT2D eigenvalue weighted by Crippen LogP contribution is 2.21. The lowest BCUT2D eigenvalue weighted by molar-refractivity contribution is 0.0746. The first kappa shape index (κ1) is 18.7. The van der Waals surface area contributed by atoms with Crippen LogP contribution in [0.2, 0.25) is 0 Å². The highest BCUT2D eigenvalue weighted by atomic mass is 19.1. The molecule has 3 aromatic rings. The third kappa shape index (κ3) is 4.13. The number of hydrogen-bond acceptors (Lipinski definition) is 4. The summed E-state index contributed by atoms with van der Waals surface area (Å²) < 4.78 is 19.1. The Kier molecular flexibility index (Phi) is 5.29. The molecule has 1 fully saturated rings. The van der Waals surface area contributed by atoms with Gasteiger partial charge in [-0.3, -0.25) is 9.59 Å². The maximum absolute atomic E-state index is 14.0. The van der Waals surface area contributed by atoms with E-state index in [4.69, 9.17) is 4.42 Å². The molecule has 1 aromatic heterocycles. The van der Waals surface area contributed by atoms with Gasteiger partial charge in [0, 0.05) is 37.4 Å². The van der Waals surface area contributed by atoms with Gasteiger partial charge in [-0.05, 0) is 42.5 Å². The molecule has 7 heteroatoms. The van der Waals surface area contributed by atoms with Crippen LogP contribution >= 0.6 is 0 Å². The summed E-state index contributed by atoms with van der Waals surface area (Å²) in [6, 6.07) is 16.7. The zero-order chi connectivity index (χ0) is 20.2. The average Bonchev–Trinajstić information content (AvgIpc) is 3.29. The van der Waals surface area contributed by atoms with Gasteiger partial charge in [-0.2, -0.15) is 0 Å². The summed E-state index contributed by atoms with van der Waals surface area (Å²) in [5.74, 6) is -0.552. The number of halogens is 1. The predicted octanol–water partition coefficient (Wildman–Crippen LogP) is 3.63. The van der Waals surface area contributed by atoms with Gasteiger partial charge in [-0.1, -0.05) is 18.2 Å². The Morgan fingerprint density at radius 3 is 2.45 bits per heavy atom. The maximum Gasteiger partial charge on any atom is 0.291 e. The zero-order valence-electron chi connectivity index (χ0n) is 15.7. The van der Waals surface area contributed by atoms with E-state index in [1.807, 2.05) is 4.90 Å². The number of nitrogens with zero attached hydrogens (tertiary/aromatic N) is 2. The maximum atomic E-state index is 14.0. The Labute approximate surface area is 167 Å². The van der Waals surface area contributed by atoms with Crippen molar-refractivity contribution in [3.63, 3.8) is 0 Å². The number of anilines is 2. The molecule has 1 N–H and O–H groups in total. The standard InChI is InChI=1S/C22H20FN3O3/c23-18-7-1-2-8-19(18)25-10-12-26(13-11-25)22(28)16-5-3-6-17(15-16)24-21(27)20-9-4-14-29-20/h1-9,14-15H,10-13H2,(H,24,27). The minimum absolute atomic E-state index is 0.118. The molecule has 0 aliphatic carbocycles. The van der Waals surface area contributed by atoms with Crippen LogP contribution < -0.4 is 10.2 Å². The SMILES string of the molecule is O=C(Nc1cccc(C(=O)N2CCN(c3ccccc3F)CC2)c1)c1ccco1. The molecule has 148 valence electrons. The predicted molar refractivity (Wildman–Crippen MR) is 108 cm³/mol. The van der Waals surface area contributed by atoms with Crippen molar-refractivity contribution in [2.75, 3.05) is 36.4 Å². The van der Waals surface area contributed by atoms with Gasteiger partial charge in [0.1, 0.15) is 5.82 Å². The number of amides is 2. The van der Waals surface area contributed by atoms with Crippen LogP contribution in [0.1, 0.15) is 20.9 Å². The number of hydrogen-bond donors (Lipinski definition) is 1. The molecule has 4 rings (SSSR count). The van der Waals surface area contributed by atoms with E-state index in [-0.39, 0.29) is 23.4 Å². The first-order chi connectivity index (χ1) is 14.1. The van der Waals surface area contributed by atoms with Crippen LogP contribution in [0, 0.1) is 5.82 Å². The summed E-state index contributed by atoms with van der Waals surface area (Å²) in [6.45, 7) is 2.11. The fraction of sp³-hybridized carbons (Fsp3) is 0.182. The molecule has 29 heavy (non-hydrogen) atoms. The van der Waals surface area contributed by atoms with E-state index < -0.39 is 0 Å². The van der Waals surface area contributed by atoms with Gasteiger partial charge >= 0.3 is 0 Å². The Hall–Kier alpha value is -3.61. The largest absolute Gasteiger partial charge is 0.459 e. The van der Waals surface area contributed by atoms with E-state index in [2.05, 4.69) is 5.32 Å². The Bertz CT molecular complexity index is 1010. The van der Waals surface area contributed by atoms with Gasteiger partial charge in [0.05, 0.1) is 12.0 Å². The van der Waals surface area contributed by atoms with E-state index in [1.165, 1.54) is 12.3 Å². The fourth-order valence-electron chi connectivity index (χ4n) is 3.37. The second-order valence-electron chi connectivity index (χ2n) is 6.74. The zero-order valence-corrected chi connectivity index (χ0v) is 15.7. The molecular formula is C22H20FN3O3. The van der Waals surface area contributed by atoms with Crippen molar-refractivity contribution < 1.29 is 18.4 Å². The van der Waals surface area contributed by atoms with Crippen LogP contribution in [0.4, 0.5) is 15.8 Å². The van der Waals surface area contributed by atoms with Crippen molar-refractivity contribution in [3.8, 4) is 0 Å². The third-order valence-electron chi connectivity index (χ3n) is 4.87. The molecule has 0 unspecified atom stereocenters. The van der Waals surface area contributed by atoms with Gasteiger partial charge in [0.15, 0.2) is 5.76 Å². The minimum Gasteiger partial charge on any atom is -0.459 e. The van der Waals surface area contributed by atoms with Gasteiger partial charge in [-0.25, -0.2) is 4.39 Å². The lowest BCUT2D eigenvalue weighted by Crippen LogP contribution is -2.49. The summed E-state index contributed by atoms with van der Waals surface area (Å²) >= 11 is 0. The second-order valence-corrected chi connectivity index (χ2v) is 6.74. The van der Waals surface area contributed by atoms with E-state index >= 15 is 0 Å². The molecule has 1 saturated heterocycles. The summed E-state index contributed by atoms with van der Waals surface area (Å²) in [5.41, 5.74) is 1.56. The van der Waals surface area contributed by atoms with Crippen LogP contribution in [0.25, 0.3) is 0 Å². The fourth-order valence-corrected chi connectivity index (χ4v) is 3.37. The number of nitrogens with one attached hydrogen (secondary N) is 1. The van der Waals surface area contributed by atoms with Crippen LogP contribution in [0.5, 0.6) is 0 Å². The lowest BCUT2D eigenvalue weighted by Gasteiger charge is -2.36. The summed E-state index contributed by atoms with van der Waals surface area (Å²) in [5, 5.41) is 2.72. The third-order valence-corrected chi connectivity index (χ3v) is 4.87. The molecule has 2 aromatic carbocycles. The van der Waals surface area contributed by atoms with Gasteiger partial charge in [0.25, 0.3) is 11.8 Å². The normalized spacial score (nSPS) is 14.0. The minimum atomic E-state index is -0.377. The number of rotatable bonds is 4. The van der Waals surface area contributed by atoms with E-state index in [0.29, 0.717) is 43.1 Å².